The van der Waals surface area contributed by atoms with E-state index >= 15 is 0 Å². The molecule has 1 saturated heterocycles. The molecule has 1 aromatic rings. The summed E-state index contributed by atoms with van der Waals surface area (Å²) in [7, 11) is 0. The van der Waals surface area contributed by atoms with Gasteiger partial charge in [-0.05, 0) is 18.9 Å². The van der Waals surface area contributed by atoms with Crippen LogP contribution >= 0.6 is 0 Å². The first-order valence-corrected chi connectivity index (χ1v) is 9.60. The van der Waals surface area contributed by atoms with Gasteiger partial charge in [-0.3, -0.25) is 0 Å². The minimum absolute atomic E-state index is 0.0306. The molecule has 0 spiro atoms. The van der Waals surface area contributed by atoms with Gasteiger partial charge >= 0.3 is 0 Å². The minimum atomic E-state index is -0.149. The van der Waals surface area contributed by atoms with Gasteiger partial charge in [0.15, 0.2) is 0 Å². The molecule has 1 atom stereocenters. The molecule has 1 aliphatic carbocycles. The molecule has 1 unspecified atom stereocenters. The van der Waals surface area contributed by atoms with Gasteiger partial charge in [-0.1, -0.05) is 19.3 Å². The van der Waals surface area contributed by atoms with Crippen molar-refractivity contribution in [3.8, 4) is 0 Å². The lowest BCUT2D eigenvalue weighted by Crippen LogP contribution is -2.37. The molecule has 2 aliphatic rings. The molecule has 2 heterocycles. The second-order valence-corrected chi connectivity index (χ2v) is 7.07. The van der Waals surface area contributed by atoms with Gasteiger partial charge in [0, 0.05) is 6.20 Å². The van der Waals surface area contributed by atoms with Crippen molar-refractivity contribution in [1.29, 1.82) is 0 Å². The Labute approximate surface area is 155 Å². The Bertz CT molecular complexity index is 530. The Morgan fingerprint density at radius 2 is 2.00 bits per heavy atom. The Morgan fingerprint density at radius 3 is 2.77 bits per heavy atom. The van der Waals surface area contributed by atoms with E-state index in [0.29, 0.717) is 51.9 Å². The third-order valence-electron chi connectivity index (χ3n) is 5.10. The number of rotatable bonds is 9. The SMILES string of the molecule is OCc1ccnc(C2(COCCOCC3COCCO3)CCCCC2)n1. The predicted molar refractivity (Wildman–Crippen MR) is 94.9 cm³/mol. The second kappa shape index (κ2) is 10.3. The van der Waals surface area contributed by atoms with Crippen LogP contribution in [0.4, 0.5) is 0 Å². The van der Waals surface area contributed by atoms with Gasteiger partial charge in [-0.2, -0.15) is 0 Å². The van der Waals surface area contributed by atoms with Gasteiger partial charge in [0.25, 0.3) is 0 Å². The fourth-order valence-corrected chi connectivity index (χ4v) is 3.63. The van der Waals surface area contributed by atoms with E-state index in [1.807, 2.05) is 0 Å². The van der Waals surface area contributed by atoms with Crippen LogP contribution in [0.2, 0.25) is 0 Å². The highest BCUT2D eigenvalue weighted by atomic mass is 16.6. The number of ether oxygens (including phenoxy) is 4. The summed E-state index contributed by atoms with van der Waals surface area (Å²) in [4.78, 5) is 9.06. The fourth-order valence-electron chi connectivity index (χ4n) is 3.63. The van der Waals surface area contributed by atoms with E-state index < -0.39 is 0 Å². The fraction of sp³-hybridized carbons (Fsp3) is 0.789. The summed E-state index contributed by atoms with van der Waals surface area (Å²) in [6.07, 6.45) is 7.37. The lowest BCUT2D eigenvalue weighted by Gasteiger charge is -2.35. The van der Waals surface area contributed by atoms with Crippen LogP contribution in [0.25, 0.3) is 0 Å². The normalized spacial score (nSPS) is 23.0. The van der Waals surface area contributed by atoms with Crippen molar-refractivity contribution in [2.75, 3.05) is 46.2 Å². The third kappa shape index (κ3) is 5.44. The first-order valence-electron chi connectivity index (χ1n) is 9.60. The van der Waals surface area contributed by atoms with Crippen LogP contribution in [0.3, 0.4) is 0 Å². The highest BCUT2D eigenvalue weighted by Crippen LogP contribution is 2.38. The molecule has 0 radical (unpaired) electrons. The zero-order chi connectivity index (χ0) is 18.1. The van der Waals surface area contributed by atoms with Gasteiger partial charge in [0.1, 0.15) is 11.9 Å². The monoisotopic (exact) mass is 366 g/mol. The average Bonchev–Trinajstić information content (AvgIpc) is 2.72. The number of aromatic nitrogens is 2. The molecule has 1 aromatic heterocycles. The molecule has 1 aliphatic heterocycles. The third-order valence-corrected chi connectivity index (χ3v) is 5.10. The van der Waals surface area contributed by atoms with E-state index in [2.05, 4.69) is 9.97 Å². The minimum Gasteiger partial charge on any atom is -0.390 e. The molecular weight excluding hydrogens is 336 g/mol. The first kappa shape index (κ1) is 19.6. The molecule has 0 amide bonds. The molecule has 1 N–H and O–H groups in total. The molecule has 7 nitrogen and oxygen atoms in total. The van der Waals surface area contributed by atoms with Crippen LogP contribution in [0.1, 0.15) is 43.6 Å². The summed E-state index contributed by atoms with van der Waals surface area (Å²) in [6, 6.07) is 1.76. The van der Waals surface area contributed by atoms with Crippen molar-refractivity contribution < 1.29 is 24.1 Å². The summed E-state index contributed by atoms with van der Waals surface area (Å²) in [5.74, 6) is 0.803. The Kier molecular flexibility index (Phi) is 7.76. The lowest BCUT2D eigenvalue weighted by molar-refractivity contribution is -0.118. The number of hydrogen-bond acceptors (Lipinski definition) is 7. The number of aliphatic hydroxyl groups excluding tert-OH is 1. The van der Waals surface area contributed by atoms with Crippen molar-refractivity contribution in [3.05, 3.63) is 23.8 Å². The van der Waals surface area contributed by atoms with Crippen molar-refractivity contribution in [2.24, 2.45) is 0 Å². The number of aliphatic hydroxyl groups is 1. The molecule has 146 valence electrons. The van der Waals surface area contributed by atoms with Crippen LogP contribution in [0, 0.1) is 0 Å². The Hall–Kier alpha value is -1.12. The van der Waals surface area contributed by atoms with Gasteiger partial charge in [-0.15, -0.1) is 0 Å². The van der Waals surface area contributed by atoms with E-state index in [4.69, 9.17) is 18.9 Å². The van der Waals surface area contributed by atoms with E-state index in [9.17, 15) is 5.11 Å². The van der Waals surface area contributed by atoms with E-state index in [1.54, 1.807) is 12.3 Å². The molecule has 7 heteroatoms. The molecule has 2 fully saturated rings. The van der Waals surface area contributed by atoms with Gasteiger partial charge in [0.05, 0.1) is 64.0 Å². The summed E-state index contributed by atoms with van der Waals surface area (Å²) >= 11 is 0. The number of hydrogen-bond donors (Lipinski definition) is 1. The van der Waals surface area contributed by atoms with Crippen LogP contribution in [-0.2, 0) is 31.0 Å². The Morgan fingerprint density at radius 1 is 1.15 bits per heavy atom. The van der Waals surface area contributed by atoms with Crippen molar-refractivity contribution >= 4 is 0 Å². The van der Waals surface area contributed by atoms with E-state index in [1.165, 1.54) is 6.42 Å². The second-order valence-electron chi connectivity index (χ2n) is 7.07. The smallest absolute Gasteiger partial charge is 0.137 e. The summed E-state index contributed by atoms with van der Waals surface area (Å²) in [5, 5.41) is 9.37. The largest absolute Gasteiger partial charge is 0.390 e. The van der Waals surface area contributed by atoms with Crippen LogP contribution < -0.4 is 0 Å². The van der Waals surface area contributed by atoms with E-state index in [-0.39, 0.29) is 18.1 Å². The van der Waals surface area contributed by atoms with Gasteiger partial charge in [0.2, 0.25) is 0 Å². The van der Waals surface area contributed by atoms with Crippen molar-refractivity contribution in [2.45, 2.75) is 50.2 Å². The quantitative estimate of drug-likeness (QED) is 0.665. The molecule has 0 aromatic carbocycles. The molecule has 3 rings (SSSR count). The zero-order valence-electron chi connectivity index (χ0n) is 15.4. The van der Waals surface area contributed by atoms with Gasteiger partial charge < -0.3 is 24.1 Å². The van der Waals surface area contributed by atoms with Crippen molar-refractivity contribution in [1.82, 2.24) is 9.97 Å². The first-order chi connectivity index (χ1) is 12.8. The maximum atomic E-state index is 9.37. The van der Waals surface area contributed by atoms with Gasteiger partial charge in [-0.25, -0.2) is 9.97 Å². The lowest BCUT2D eigenvalue weighted by atomic mass is 9.74. The van der Waals surface area contributed by atoms with Crippen LogP contribution in [0.5, 0.6) is 0 Å². The summed E-state index contributed by atoms with van der Waals surface area (Å²) in [5.41, 5.74) is 0.516. The number of nitrogens with zero attached hydrogens (tertiary/aromatic N) is 2. The molecule has 26 heavy (non-hydrogen) atoms. The highest BCUT2D eigenvalue weighted by Gasteiger charge is 2.37. The maximum Gasteiger partial charge on any atom is 0.137 e. The molecular formula is C19H30N2O5. The van der Waals surface area contributed by atoms with Crippen LogP contribution in [0.15, 0.2) is 12.3 Å². The van der Waals surface area contributed by atoms with E-state index in [0.717, 1.165) is 31.5 Å². The van der Waals surface area contributed by atoms with Crippen LogP contribution in [-0.4, -0.2) is 67.4 Å². The maximum absolute atomic E-state index is 9.37. The molecule has 1 saturated carbocycles. The topological polar surface area (TPSA) is 82.9 Å². The standard InChI is InChI=1S/C19H30N2O5/c22-12-16-4-7-20-18(21-16)19(5-2-1-3-6-19)15-25-9-8-23-13-17-14-24-10-11-26-17/h4,7,17,22H,1-3,5-6,8-15H2. The molecule has 0 bridgehead atoms. The summed E-state index contributed by atoms with van der Waals surface area (Å²) < 4.78 is 22.5. The Balaban J connectivity index is 1.46. The average molecular weight is 366 g/mol. The zero-order valence-corrected chi connectivity index (χ0v) is 15.4. The highest BCUT2D eigenvalue weighted by molar-refractivity contribution is 5.13. The van der Waals surface area contributed by atoms with Crippen molar-refractivity contribution in [3.63, 3.8) is 0 Å². The predicted octanol–water partition coefficient (Wildman–Crippen LogP) is 1.62. The summed E-state index contributed by atoms with van der Waals surface area (Å²) in [6.45, 7) is 4.05.